The van der Waals surface area contributed by atoms with Crippen molar-refractivity contribution in [1.29, 1.82) is 0 Å². The maximum Gasteiger partial charge on any atom is 0.232 e. The summed E-state index contributed by atoms with van der Waals surface area (Å²) in [6.45, 7) is 4.31. The second-order valence-corrected chi connectivity index (χ2v) is 5.34. The predicted molar refractivity (Wildman–Crippen MR) is 73.9 cm³/mol. The van der Waals surface area contributed by atoms with Crippen LogP contribution in [-0.4, -0.2) is 29.0 Å². The van der Waals surface area contributed by atoms with Gasteiger partial charge in [-0.15, -0.1) is 11.6 Å². The molecule has 0 fully saturated rings. The molecule has 17 heavy (non-hydrogen) atoms. The van der Waals surface area contributed by atoms with E-state index >= 15 is 0 Å². The fraction of sp³-hybridized carbons (Fsp3) is 0.636. The molecule has 1 unspecified atom stereocenters. The van der Waals surface area contributed by atoms with Crippen molar-refractivity contribution in [2.24, 2.45) is 5.92 Å². The first kappa shape index (κ1) is 14.5. The van der Waals surface area contributed by atoms with Crippen molar-refractivity contribution in [3.8, 4) is 5.88 Å². The maximum atomic E-state index is 5.91. The van der Waals surface area contributed by atoms with E-state index in [0.29, 0.717) is 23.6 Å². The van der Waals surface area contributed by atoms with Gasteiger partial charge in [0.2, 0.25) is 11.8 Å². The van der Waals surface area contributed by atoms with Crippen LogP contribution in [-0.2, 0) is 0 Å². The standard InChI is InChI=1S/C11H17BrClN3O/c1-7(2)4-8(5-13)15-11-14-6-9(12)10(16-11)17-3/h6-8H,4-5H2,1-3H3,(H,14,15,16). The Morgan fingerprint density at radius 1 is 1.53 bits per heavy atom. The summed E-state index contributed by atoms with van der Waals surface area (Å²) < 4.78 is 5.84. The third-order valence-electron chi connectivity index (χ3n) is 2.18. The zero-order valence-corrected chi connectivity index (χ0v) is 12.5. The Morgan fingerprint density at radius 2 is 2.24 bits per heavy atom. The molecule has 96 valence electrons. The van der Waals surface area contributed by atoms with E-state index in [-0.39, 0.29) is 6.04 Å². The monoisotopic (exact) mass is 321 g/mol. The van der Waals surface area contributed by atoms with E-state index < -0.39 is 0 Å². The summed E-state index contributed by atoms with van der Waals surface area (Å²) in [4.78, 5) is 8.41. The molecule has 0 aromatic carbocycles. The largest absolute Gasteiger partial charge is 0.480 e. The summed E-state index contributed by atoms with van der Waals surface area (Å²) in [5, 5.41) is 3.21. The highest BCUT2D eigenvalue weighted by Gasteiger charge is 2.12. The second kappa shape index (κ2) is 7.01. The molecule has 0 bridgehead atoms. The van der Waals surface area contributed by atoms with Gasteiger partial charge in [-0.1, -0.05) is 13.8 Å². The Labute approximate surface area is 115 Å². The van der Waals surface area contributed by atoms with Gasteiger partial charge in [0.05, 0.1) is 17.8 Å². The lowest BCUT2D eigenvalue weighted by Gasteiger charge is -2.18. The van der Waals surface area contributed by atoms with E-state index in [1.54, 1.807) is 13.3 Å². The van der Waals surface area contributed by atoms with Crippen LogP contribution in [0.25, 0.3) is 0 Å². The first-order chi connectivity index (χ1) is 8.06. The Morgan fingerprint density at radius 3 is 2.76 bits per heavy atom. The van der Waals surface area contributed by atoms with Gasteiger partial charge in [-0.25, -0.2) is 4.98 Å². The molecule has 1 atom stereocenters. The summed E-state index contributed by atoms with van der Waals surface area (Å²) in [6, 6.07) is 0.169. The van der Waals surface area contributed by atoms with Gasteiger partial charge in [-0.05, 0) is 28.3 Å². The number of methoxy groups -OCH3 is 1. The van der Waals surface area contributed by atoms with Gasteiger partial charge in [-0.3, -0.25) is 0 Å². The van der Waals surface area contributed by atoms with Gasteiger partial charge in [0.1, 0.15) is 0 Å². The van der Waals surface area contributed by atoms with Gasteiger partial charge in [0.25, 0.3) is 0 Å². The van der Waals surface area contributed by atoms with Crippen LogP contribution in [0.15, 0.2) is 10.7 Å². The quantitative estimate of drug-likeness (QED) is 0.816. The van der Waals surface area contributed by atoms with E-state index in [4.69, 9.17) is 16.3 Å². The lowest BCUT2D eigenvalue weighted by Crippen LogP contribution is -2.24. The van der Waals surface area contributed by atoms with E-state index in [1.807, 2.05) is 0 Å². The normalized spacial score (nSPS) is 12.6. The Kier molecular flexibility index (Phi) is 5.98. The number of nitrogens with zero attached hydrogens (tertiary/aromatic N) is 2. The number of hydrogen-bond acceptors (Lipinski definition) is 4. The van der Waals surface area contributed by atoms with Crippen LogP contribution in [0.4, 0.5) is 5.95 Å². The zero-order chi connectivity index (χ0) is 12.8. The molecule has 6 heteroatoms. The fourth-order valence-electron chi connectivity index (χ4n) is 1.48. The molecule has 0 aliphatic carbocycles. The molecule has 0 aliphatic heterocycles. The number of nitrogens with one attached hydrogen (secondary N) is 1. The van der Waals surface area contributed by atoms with E-state index in [1.165, 1.54) is 0 Å². The number of aromatic nitrogens is 2. The first-order valence-corrected chi connectivity index (χ1v) is 6.78. The lowest BCUT2D eigenvalue weighted by molar-refractivity contribution is 0.394. The van der Waals surface area contributed by atoms with Crippen LogP contribution < -0.4 is 10.1 Å². The average Bonchev–Trinajstić information content (AvgIpc) is 2.30. The molecule has 1 rings (SSSR count). The highest BCUT2D eigenvalue weighted by Crippen LogP contribution is 2.22. The van der Waals surface area contributed by atoms with Crippen molar-refractivity contribution in [3.63, 3.8) is 0 Å². The number of halogens is 2. The fourth-order valence-corrected chi connectivity index (χ4v) is 2.03. The molecule has 0 amide bonds. The molecule has 0 aliphatic rings. The highest BCUT2D eigenvalue weighted by molar-refractivity contribution is 9.10. The van der Waals surface area contributed by atoms with Gasteiger partial charge < -0.3 is 10.1 Å². The highest BCUT2D eigenvalue weighted by atomic mass is 79.9. The SMILES string of the molecule is COc1nc(NC(CCl)CC(C)C)ncc1Br. The molecule has 4 nitrogen and oxygen atoms in total. The van der Waals surface area contributed by atoms with Crippen molar-refractivity contribution in [2.75, 3.05) is 18.3 Å². The van der Waals surface area contributed by atoms with Crippen molar-refractivity contribution >= 4 is 33.5 Å². The third-order valence-corrected chi connectivity index (χ3v) is 3.10. The minimum Gasteiger partial charge on any atom is -0.480 e. The summed E-state index contributed by atoms with van der Waals surface area (Å²) in [5.41, 5.74) is 0. The van der Waals surface area contributed by atoms with Gasteiger partial charge >= 0.3 is 0 Å². The van der Waals surface area contributed by atoms with Crippen molar-refractivity contribution in [1.82, 2.24) is 9.97 Å². The average molecular weight is 323 g/mol. The molecule has 0 saturated carbocycles. The molecular formula is C11H17BrClN3O. The van der Waals surface area contributed by atoms with E-state index in [0.717, 1.165) is 10.9 Å². The molecule has 0 saturated heterocycles. The molecular weight excluding hydrogens is 305 g/mol. The van der Waals surface area contributed by atoms with Crippen LogP contribution >= 0.6 is 27.5 Å². The maximum absolute atomic E-state index is 5.91. The number of hydrogen-bond donors (Lipinski definition) is 1. The summed E-state index contributed by atoms with van der Waals surface area (Å²) in [6.07, 6.45) is 2.64. The summed E-state index contributed by atoms with van der Waals surface area (Å²) >= 11 is 9.22. The van der Waals surface area contributed by atoms with Crippen molar-refractivity contribution in [3.05, 3.63) is 10.7 Å². The minimum atomic E-state index is 0.169. The summed E-state index contributed by atoms with van der Waals surface area (Å²) in [7, 11) is 1.57. The van der Waals surface area contributed by atoms with Gasteiger partial charge in [0, 0.05) is 11.9 Å². The first-order valence-electron chi connectivity index (χ1n) is 5.45. The van der Waals surface area contributed by atoms with Gasteiger partial charge in [-0.2, -0.15) is 4.98 Å². The Balaban J connectivity index is 2.72. The van der Waals surface area contributed by atoms with Crippen molar-refractivity contribution < 1.29 is 4.74 Å². The Hall–Kier alpha value is -0.550. The van der Waals surface area contributed by atoms with Gasteiger partial charge in [0.15, 0.2) is 0 Å². The number of rotatable bonds is 6. The van der Waals surface area contributed by atoms with Crippen LogP contribution in [0.1, 0.15) is 20.3 Å². The summed E-state index contributed by atoms with van der Waals surface area (Å²) in [5.74, 6) is 2.15. The molecule has 1 aromatic rings. The molecule has 1 N–H and O–H groups in total. The van der Waals surface area contributed by atoms with Crippen LogP contribution in [0.2, 0.25) is 0 Å². The smallest absolute Gasteiger partial charge is 0.232 e. The van der Waals surface area contributed by atoms with Crippen LogP contribution in [0.5, 0.6) is 5.88 Å². The number of ether oxygens (including phenoxy) is 1. The van der Waals surface area contributed by atoms with Crippen LogP contribution in [0.3, 0.4) is 0 Å². The minimum absolute atomic E-state index is 0.169. The molecule has 0 radical (unpaired) electrons. The van der Waals surface area contributed by atoms with Crippen LogP contribution in [0, 0.1) is 5.92 Å². The number of anilines is 1. The second-order valence-electron chi connectivity index (χ2n) is 4.18. The Bertz CT molecular complexity index is 363. The predicted octanol–water partition coefficient (Wildman–Crippen LogP) is 3.31. The topological polar surface area (TPSA) is 47.0 Å². The van der Waals surface area contributed by atoms with Crippen molar-refractivity contribution in [2.45, 2.75) is 26.3 Å². The molecule has 1 heterocycles. The lowest BCUT2D eigenvalue weighted by atomic mass is 10.1. The van der Waals surface area contributed by atoms with E-state index in [2.05, 4.69) is 45.1 Å². The third kappa shape index (κ3) is 4.68. The number of alkyl halides is 1. The zero-order valence-electron chi connectivity index (χ0n) is 10.2. The van der Waals surface area contributed by atoms with E-state index in [9.17, 15) is 0 Å². The molecule has 1 aromatic heterocycles. The molecule has 0 spiro atoms.